The van der Waals surface area contributed by atoms with Crippen molar-refractivity contribution < 1.29 is 9.21 Å². The van der Waals surface area contributed by atoms with E-state index in [4.69, 9.17) is 4.42 Å². The van der Waals surface area contributed by atoms with Gasteiger partial charge in [-0.05, 0) is 44.3 Å². The van der Waals surface area contributed by atoms with Gasteiger partial charge in [0.15, 0.2) is 5.89 Å². The predicted molar refractivity (Wildman–Crippen MR) is 109 cm³/mol. The van der Waals surface area contributed by atoms with Gasteiger partial charge in [0.25, 0.3) is 0 Å². The molecule has 2 saturated heterocycles. The zero-order valence-corrected chi connectivity index (χ0v) is 16.7. The molecule has 0 saturated carbocycles. The number of likely N-dealkylation sites (tertiary alicyclic amines) is 2. The minimum absolute atomic E-state index is 0.214. The highest BCUT2D eigenvalue weighted by Crippen LogP contribution is 2.27. The summed E-state index contributed by atoms with van der Waals surface area (Å²) in [6, 6.07) is 10.3. The summed E-state index contributed by atoms with van der Waals surface area (Å²) in [5.74, 6) is 2.17. The van der Waals surface area contributed by atoms with Crippen LogP contribution in [0.4, 0.5) is 0 Å². The molecular formula is C23H31N3O2. The molecule has 2 fully saturated rings. The van der Waals surface area contributed by atoms with E-state index in [0.29, 0.717) is 6.54 Å². The third-order valence-electron chi connectivity index (χ3n) is 5.97. The molecule has 0 radical (unpaired) electrons. The first-order valence-corrected chi connectivity index (χ1v) is 10.8. The first kappa shape index (κ1) is 19.2. The van der Waals surface area contributed by atoms with Crippen molar-refractivity contribution in [3.8, 4) is 0 Å². The van der Waals surface area contributed by atoms with Crippen LogP contribution in [-0.4, -0.2) is 53.4 Å². The zero-order chi connectivity index (χ0) is 19.2. The molecule has 2 aliphatic rings. The lowest BCUT2D eigenvalue weighted by Gasteiger charge is -2.33. The fourth-order valence-corrected chi connectivity index (χ4v) is 4.38. The van der Waals surface area contributed by atoms with Crippen molar-refractivity contribution in [2.45, 2.75) is 50.9 Å². The highest BCUT2D eigenvalue weighted by atomic mass is 16.4. The molecule has 0 N–H and O–H groups in total. The molecule has 150 valence electrons. The topological polar surface area (TPSA) is 49.6 Å². The summed E-state index contributed by atoms with van der Waals surface area (Å²) in [6.45, 7) is 4.29. The summed E-state index contributed by atoms with van der Waals surface area (Å²) in [7, 11) is 0. The van der Waals surface area contributed by atoms with Gasteiger partial charge >= 0.3 is 0 Å². The Morgan fingerprint density at radius 3 is 2.61 bits per heavy atom. The number of aromatic nitrogens is 1. The van der Waals surface area contributed by atoms with Crippen LogP contribution in [0.1, 0.15) is 61.7 Å². The second-order valence-corrected chi connectivity index (χ2v) is 8.20. The fourth-order valence-electron chi connectivity index (χ4n) is 4.38. The smallest absolute Gasteiger partial charge is 0.236 e. The van der Waals surface area contributed by atoms with Crippen molar-refractivity contribution in [3.63, 3.8) is 0 Å². The molecule has 5 heteroatoms. The van der Waals surface area contributed by atoms with E-state index in [0.717, 1.165) is 57.1 Å². The lowest BCUT2D eigenvalue weighted by Crippen LogP contribution is -2.44. The second kappa shape index (κ2) is 9.37. The number of amides is 1. The molecular weight excluding hydrogens is 350 g/mol. The van der Waals surface area contributed by atoms with Crippen molar-refractivity contribution in [1.29, 1.82) is 0 Å². The van der Waals surface area contributed by atoms with Gasteiger partial charge in [0.1, 0.15) is 5.76 Å². The molecule has 1 aromatic carbocycles. The van der Waals surface area contributed by atoms with Crippen molar-refractivity contribution in [2.24, 2.45) is 0 Å². The van der Waals surface area contributed by atoms with Crippen molar-refractivity contribution >= 4 is 5.91 Å². The van der Waals surface area contributed by atoms with E-state index in [1.54, 1.807) is 0 Å². The van der Waals surface area contributed by atoms with Crippen molar-refractivity contribution in [3.05, 3.63) is 53.7 Å². The number of nitrogens with zero attached hydrogens (tertiary/aromatic N) is 3. The van der Waals surface area contributed by atoms with E-state index in [2.05, 4.69) is 22.0 Å². The van der Waals surface area contributed by atoms with Crippen LogP contribution >= 0.6 is 0 Å². The highest BCUT2D eigenvalue weighted by molar-refractivity contribution is 5.78. The molecule has 0 spiro atoms. The van der Waals surface area contributed by atoms with Crippen LogP contribution in [0.15, 0.2) is 40.9 Å². The second-order valence-electron chi connectivity index (χ2n) is 8.20. The minimum Gasteiger partial charge on any atom is -0.445 e. The molecule has 2 aliphatic heterocycles. The van der Waals surface area contributed by atoms with E-state index < -0.39 is 0 Å². The Morgan fingerprint density at radius 2 is 1.82 bits per heavy atom. The van der Waals surface area contributed by atoms with Gasteiger partial charge in [0.2, 0.25) is 5.91 Å². The van der Waals surface area contributed by atoms with E-state index in [1.807, 2.05) is 29.3 Å². The van der Waals surface area contributed by atoms with Gasteiger partial charge in [-0.15, -0.1) is 0 Å². The average Bonchev–Trinajstić information content (AvgIpc) is 3.04. The average molecular weight is 382 g/mol. The lowest BCUT2D eigenvalue weighted by atomic mass is 9.98. The first-order chi connectivity index (χ1) is 13.8. The van der Waals surface area contributed by atoms with Crippen LogP contribution in [0.3, 0.4) is 0 Å². The molecule has 28 heavy (non-hydrogen) atoms. The van der Waals surface area contributed by atoms with Crippen LogP contribution in [0.25, 0.3) is 0 Å². The highest BCUT2D eigenvalue weighted by Gasteiger charge is 2.28. The summed E-state index contributed by atoms with van der Waals surface area (Å²) in [5.41, 5.74) is 1.23. The molecule has 1 amide bonds. The lowest BCUT2D eigenvalue weighted by molar-refractivity contribution is -0.133. The number of benzene rings is 1. The first-order valence-electron chi connectivity index (χ1n) is 10.8. The summed E-state index contributed by atoms with van der Waals surface area (Å²) >= 11 is 0. The number of carbonyl (C=O) groups is 1. The van der Waals surface area contributed by atoms with E-state index in [-0.39, 0.29) is 11.8 Å². The van der Waals surface area contributed by atoms with Crippen LogP contribution in [0.2, 0.25) is 0 Å². The Morgan fingerprint density at radius 1 is 1.04 bits per heavy atom. The SMILES string of the molecule is O=C(CN1CCCCCC1)N1CCC[C@H](c2ncc(Cc3ccccc3)o2)C1. The Hall–Kier alpha value is -2.14. The van der Waals surface area contributed by atoms with Gasteiger partial charge in [0.05, 0.1) is 18.7 Å². The summed E-state index contributed by atoms with van der Waals surface area (Å²) in [4.78, 5) is 21.7. The van der Waals surface area contributed by atoms with Crippen LogP contribution in [-0.2, 0) is 11.2 Å². The van der Waals surface area contributed by atoms with Gasteiger partial charge in [-0.2, -0.15) is 0 Å². The maximum Gasteiger partial charge on any atom is 0.236 e. The largest absolute Gasteiger partial charge is 0.445 e. The standard InChI is InChI=1S/C23H31N3O2/c27-22(18-25-12-6-1-2-7-13-25)26-14-8-11-20(17-26)23-24-16-21(28-23)15-19-9-4-3-5-10-19/h3-5,9-10,16,20H,1-2,6-8,11-15,17-18H2/t20-/m0/s1. The molecule has 2 aromatic rings. The van der Waals surface area contributed by atoms with Crippen LogP contribution < -0.4 is 0 Å². The minimum atomic E-state index is 0.214. The van der Waals surface area contributed by atoms with Gasteiger partial charge in [-0.3, -0.25) is 9.69 Å². The third-order valence-corrected chi connectivity index (χ3v) is 5.97. The number of carbonyl (C=O) groups excluding carboxylic acids is 1. The predicted octanol–water partition coefficient (Wildman–Crippen LogP) is 3.85. The quantitative estimate of drug-likeness (QED) is 0.789. The number of hydrogen-bond acceptors (Lipinski definition) is 4. The van der Waals surface area contributed by atoms with E-state index in [1.165, 1.54) is 31.2 Å². The maximum atomic E-state index is 12.8. The zero-order valence-electron chi connectivity index (χ0n) is 16.7. The van der Waals surface area contributed by atoms with Crippen LogP contribution in [0.5, 0.6) is 0 Å². The Kier molecular flexibility index (Phi) is 6.42. The van der Waals surface area contributed by atoms with Crippen molar-refractivity contribution in [1.82, 2.24) is 14.8 Å². The van der Waals surface area contributed by atoms with E-state index >= 15 is 0 Å². The van der Waals surface area contributed by atoms with Gasteiger partial charge in [0, 0.05) is 19.5 Å². The molecule has 0 bridgehead atoms. The molecule has 0 unspecified atom stereocenters. The summed E-state index contributed by atoms with van der Waals surface area (Å²) in [5, 5.41) is 0. The number of hydrogen-bond donors (Lipinski definition) is 0. The molecule has 1 aromatic heterocycles. The van der Waals surface area contributed by atoms with Gasteiger partial charge < -0.3 is 9.32 Å². The number of rotatable bonds is 5. The monoisotopic (exact) mass is 381 g/mol. The normalized spacial score (nSPS) is 21.4. The fraction of sp³-hybridized carbons (Fsp3) is 0.565. The molecule has 0 aliphatic carbocycles. The maximum absolute atomic E-state index is 12.8. The van der Waals surface area contributed by atoms with Gasteiger partial charge in [-0.1, -0.05) is 43.2 Å². The number of oxazole rings is 1. The van der Waals surface area contributed by atoms with E-state index in [9.17, 15) is 4.79 Å². The molecule has 4 rings (SSSR count). The Balaban J connectivity index is 1.34. The molecule has 3 heterocycles. The Bertz CT molecular complexity index is 750. The van der Waals surface area contributed by atoms with Crippen molar-refractivity contribution in [2.75, 3.05) is 32.7 Å². The number of piperidine rings is 1. The van der Waals surface area contributed by atoms with Gasteiger partial charge in [-0.25, -0.2) is 4.98 Å². The summed E-state index contributed by atoms with van der Waals surface area (Å²) < 4.78 is 6.06. The molecule has 1 atom stereocenters. The summed E-state index contributed by atoms with van der Waals surface area (Å²) in [6.07, 6.45) is 9.70. The molecule has 5 nitrogen and oxygen atoms in total. The third kappa shape index (κ3) is 5.02. The van der Waals surface area contributed by atoms with Crippen LogP contribution in [0, 0.1) is 0 Å². The Labute approximate surface area is 167 Å².